The van der Waals surface area contributed by atoms with Crippen LogP contribution in [-0.2, 0) is 14.3 Å². The van der Waals surface area contributed by atoms with Gasteiger partial charge < -0.3 is 15.2 Å². The molecular weight excluding hydrogens is 162 g/mol. The Morgan fingerprint density at radius 1 is 1.58 bits per heavy atom. The third-order valence-electron chi connectivity index (χ3n) is 1.47. The van der Waals surface area contributed by atoms with E-state index in [1.807, 2.05) is 0 Å². The van der Waals surface area contributed by atoms with Crippen LogP contribution in [0, 0.1) is 5.92 Å². The summed E-state index contributed by atoms with van der Waals surface area (Å²) in [6, 6.07) is 0. The minimum absolute atomic E-state index is 0.0420. The lowest BCUT2D eigenvalue weighted by Crippen LogP contribution is -2.28. The zero-order valence-corrected chi connectivity index (χ0v) is 7.16. The second-order valence-electron chi connectivity index (χ2n) is 2.28. The van der Waals surface area contributed by atoms with Crippen molar-refractivity contribution in [2.75, 3.05) is 20.8 Å². The summed E-state index contributed by atoms with van der Waals surface area (Å²) >= 11 is 0. The molecule has 1 amide bonds. The molecule has 5 heteroatoms. The lowest BCUT2D eigenvalue weighted by molar-refractivity contribution is -0.148. The molecule has 12 heavy (non-hydrogen) atoms. The minimum Gasteiger partial charge on any atom is -0.469 e. The highest BCUT2D eigenvalue weighted by atomic mass is 16.5. The average Bonchev–Trinajstić information content (AvgIpc) is 2.12. The molecule has 0 radical (unpaired) electrons. The number of amides is 1. The number of esters is 1. The summed E-state index contributed by atoms with van der Waals surface area (Å²) in [6.45, 7) is -0.375. The van der Waals surface area contributed by atoms with Crippen molar-refractivity contribution in [2.45, 2.75) is 6.42 Å². The number of hydrogen-bond acceptors (Lipinski definition) is 4. The van der Waals surface area contributed by atoms with Gasteiger partial charge in [-0.3, -0.25) is 9.59 Å². The highest BCUT2D eigenvalue weighted by molar-refractivity contribution is 5.82. The van der Waals surface area contributed by atoms with E-state index < -0.39 is 11.9 Å². The molecule has 0 aliphatic heterocycles. The number of ether oxygens (including phenoxy) is 1. The number of hydrogen-bond donors (Lipinski definition) is 2. The van der Waals surface area contributed by atoms with Gasteiger partial charge in [-0.05, 0) is 0 Å². The lowest BCUT2D eigenvalue weighted by atomic mass is 10.1. The van der Waals surface area contributed by atoms with Crippen LogP contribution in [0.2, 0.25) is 0 Å². The first-order valence-corrected chi connectivity index (χ1v) is 3.55. The molecule has 1 atom stereocenters. The summed E-state index contributed by atoms with van der Waals surface area (Å²) in [7, 11) is 2.68. The molecule has 0 bridgehead atoms. The summed E-state index contributed by atoms with van der Waals surface area (Å²) < 4.78 is 4.37. The van der Waals surface area contributed by atoms with Gasteiger partial charge >= 0.3 is 5.97 Å². The summed E-state index contributed by atoms with van der Waals surface area (Å²) in [6.07, 6.45) is -0.0420. The van der Waals surface area contributed by atoms with Gasteiger partial charge in [0.05, 0.1) is 19.6 Å². The zero-order valence-electron chi connectivity index (χ0n) is 7.16. The number of aliphatic hydroxyl groups is 1. The second kappa shape index (κ2) is 5.54. The number of rotatable bonds is 4. The molecule has 0 aliphatic rings. The van der Waals surface area contributed by atoms with Crippen molar-refractivity contribution in [3.05, 3.63) is 0 Å². The Kier molecular flexibility index (Phi) is 5.03. The molecular formula is C7H13NO4. The van der Waals surface area contributed by atoms with Gasteiger partial charge in [0, 0.05) is 13.5 Å². The van der Waals surface area contributed by atoms with E-state index in [9.17, 15) is 9.59 Å². The normalized spacial score (nSPS) is 11.9. The molecule has 0 aromatic heterocycles. The predicted molar refractivity (Wildman–Crippen MR) is 41.3 cm³/mol. The highest BCUT2D eigenvalue weighted by Gasteiger charge is 2.20. The van der Waals surface area contributed by atoms with E-state index in [-0.39, 0.29) is 18.9 Å². The number of carbonyl (C=O) groups excluding carboxylic acids is 2. The molecule has 0 rings (SSSR count). The fourth-order valence-electron chi connectivity index (χ4n) is 0.715. The van der Waals surface area contributed by atoms with Gasteiger partial charge in [0.15, 0.2) is 0 Å². The summed E-state index contributed by atoms with van der Waals surface area (Å²) in [5.74, 6) is -1.62. The first-order valence-electron chi connectivity index (χ1n) is 3.55. The lowest BCUT2D eigenvalue weighted by Gasteiger charge is -2.09. The third-order valence-corrected chi connectivity index (χ3v) is 1.47. The van der Waals surface area contributed by atoms with Gasteiger partial charge in [-0.1, -0.05) is 0 Å². The number of carbonyl (C=O) groups is 2. The average molecular weight is 175 g/mol. The number of aliphatic hydroxyl groups excluding tert-OH is 1. The molecule has 0 aliphatic carbocycles. The Morgan fingerprint density at radius 2 is 2.17 bits per heavy atom. The van der Waals surface area contributed by atoms with E-state index >= 15 is 0 Å². The van der Waals surface area contributed by atoms with Crippen LogP contribution < -0.4 is 5.32 Å². The molecule has 5 nitrogen and oxygen atoms in total. The van der Waals surface area contributed by atoms with Crippen LogP contribution in [0.15, 0.2) is 0 Å². The summed E-state index contributed by atoms with van der Waals surface area (Å²) in [5, 5.41) is 11.0. The highest BCUT2D eigenvalue weighted by Crippen LogP contribution is 2.03. The van der Waals surface area contributed by atoms with Crippen LogP contribution in [-0.4, -0.2) is 37.7 Å². The predicted octanol–water partition coefficient (Wildman–Crippen LogP) is -1.10. The minimum atomic E-state index is -0.755. The fourth-order valence-corrected chi connectivity index (χ4v) is 0.715. The van der Waals surface area contributed by atoms with E-state index in [2.05, 4.69) is 10.1 Å². The molecule has 0 saturated carbocycles. The van der Waals surface area contributed by atoms with Gasteiger partial charge in [-0.15, -0.1) is 0 Å². The van der Waals surface area contributed by atoms with E-state index in [1.165, 1.54) is 14.2 Å². The van der Waals surface area contributed by atoms with Gasteiger partial charge in [0.2, 0.25) is 5.91 Å². The molecule has 0 fully saturated rings. The molecule has 0 aromatic carbocycles. The molecule has 0 spiro atoms. The molecule has 2 N–H and O–H groups in total. The Labute approximate surface area is 70.7 Å². The van der Waals surface area contributed by atoms with Gasteiger partial charge in [0.1, 0.15) is 0 Å². The van der Waals surface area contributed by atoms with Crippen LogP contribution in [0.25, 0.3) is 0 Å². The maximum absolute atomic E-state index is 10.8. The Bertz CT molecular complexity index is 169. The van der Waals surface area contributed by atoms with Crippen LogP contribution in [0.5, 0.6) is 0 Å². The zero-order chi connectivity index (χ0) is 9.56. The van der Waals surface area contributed by atoms with Crippen LogP contribution in [0.1, 0.15) is 6.42 Å². The van der Waals surface area contributed by atoms with Crippen molar-refractivity contribution in [1.82, 2.24) is 5.32 Å². The van der Waals surface area contributed by atoms with E-state index in [0.717, 1.165) is 0 Å². The second-order valence-corrected chi connectivity index (χ2v) is 2.28. The number of methoxy groups -OCH3 is 1. The topological polar surface area (TPSA) is 75.6 Å². The van der Waals surface area contributed by atoms with Crippen molar-refractivity contribution in [3.8, 4) is 0 Å². The fraction of sp³-hybridized carbons (Fsp3) is 0.714. The maximum Gasteiger partial charge on any atom is 0.311 e. The van der Waals surface area contributed by atoms with Crippen molar-refractivity contribution in [1.29, 1.82) is 0 Å². The van der Waals surface area contributed by atoms with E-state index in [0.29, 0.717) is 0 Å². The third kappa shape index (κ3) is 3.34. The van der Waals surface area contributed by atoms with Crippen molar-refractivity contribution in [3.63, 3.8) is 0 Å². The number of nitrogens with one attached hydrogen (secondary N) is 1. The van der Waals surface area contributed by atoms with E-state index in [4.69, 9.17) is 5.11 Å². The van der Waals surface area contributed by atoms with Crippen molar-refractivity contribution < 1.29 is 19.4 Å². The van der Waals surface area contributed by atoms with Crippen molar-refractivity contribution in [2.24, 2.45) is 5.92 Å². The molecule has 70 valence electrons. The van der Waals surface area contributed by atoms with Crippen molar-refractivity contribution >= 4 is 11.9 Å². The van der Waals surface area contributed by atoms with E-state index in [1.54, 1.807) is 0 Å². The maximum atomic E-state index is 10.8. The van der Waals surface area contributed by atoms with Crippen LogP contribution in [0.4, 0.5) is 0 Å². The monoisotopic (exact) mass is 175 g/mol. The van der Waals surface area contributed by atoms with Gasteiger partial charge in [-0.25, -0.2) is 0 Å². The SMILES string of the molecule is CNC(=O)CC(CO)C(=O)OC. The Hall–Kier alpha value is -1.10. The quantitative estimate of drug-likeness (QED) is 0.532. The van der Waals surface area contributed by atoms with Gasteiger partial charge in [0.25, 0.3) is 0 Å². The molecule has 0 aromatic rings. The summed E-state index contributed by atoms with van der Waals surface area (Å²) in [4.78, 5) is 21.6. The first-order chi connectivity index (χ1) is 5.65. The molecule has 0 heterocycles. The smallest absolute Gasteiger partial charge is 0.311 e. The summed E-state index contributed by atoms with van der Waals surface area (Å²) in [5.41, 5.74) is 0. The Morgan fingerprint density at radius 3 is 2.50 bits per heavy atom. The van der Waals surface area contributed by atoms with Crippen LogP contribution in [0.3, 0.4) is 0 Å². The molecule has 0 saturated heterocycles. The Balaban J connectivity index is 3.99. The largest absolute Gasteiger partial charge is 0.469 e. The van der Waals surface area contributed by atoms with Gasteiger partial charge in [-0.2, -0.15) is 0 Å². The van der Waals surface area contributed by atoms with Crippen LogP contribution >= 0.6 is 0 Å². The molecule has 1 unspecified atom stereocenters. The standard InChI is InChI=1S/C7H13NO4/c1-8-6(10)3-5(4-9)7(11)12-2/h5,9H,3-4H2,1-2H3,(H,8,10). The first kappa shape index (κ1) is 10.9.